The third-order valence-corrected chi connectivity index (χ3v) is 2.06. The Morgan fingerprint density at radius 1 is 1.44 bits per heavy atom. The molecule has 16 heavy (non-hydrogen) atoms. The summed E-state index contributed by atoms with van der Waals surface area (Å²) in [7, 11) is 0. The minimum absolute atomic E-state index is 0.166. The van der Waals surface area contributed by atoms with Crippen LogP contribution in [0.15, 0.2) is 12.7 Å². The van der Waals surface area contributed by atoms with E-state index in [0.717, 1.165) is 25.7 Å². The Balaban J connectivity index is 3.66. The lowest BCUT2D eigenvalue weighted by atomic mass is 10.1. The summed E-state index contributed by atoms with van der Waals surface area (Å²) in [5.74, 6) is 0. The van der Waals surface area contributed by atoms with Gasteiger partial charge in [0, 0.05) is 6.04 Å². The molecule has 1 amide bonds. The molecule has 0 fully saturated rings. The van der Waals surface area contributed by atoms with Crippen LogP contribution < -0.4 is 5.32 Å². The van der Waals surface area contributed by atoms with Crippen molar-refractivity contribution in [2.24, 2.45) is 0 Å². The SMILES string of the molecule is C=CCCCC[C@@H](C)NC(=O)OC(C)(C)C. The molecule has 0 spiro atoms. The second-order valence-electron chi connectivity index (χ2n) is 5.12. The van der Waals surface area contributed by atoms with E-state index in [1.807, 2.05) is 33.8 Å². The van der Waals surface area contributed by atoms with Crippen LogP contribution in [0, 0.1) is 0 Å². The summed E-state index contributed by atoms with van der Waals surface area (Å²) < 4.78 is 5.17. The Hall–Kier alpha value is -0.990. The Bertz CT molecular complexity index is 218. The molecule has 0 saturated carbocycles. The van der Waals surface area contributed by atoms with E-state index in [1.165, 1.54) is 0 Å². The van der Waals surface area contributed by atoms with Gasteiger partial charge in [0.15, 0.2) is 0 Å². The first kappa shape index (κ1) is 15.0. The second-order valence-corrected chi connectivity index (χ2v) is 5.12. The summed E-state index contributed by atoms with van der Waals surface area (Å²) in [6.07, 6.45) is 5.84. The van der Waals surface area contributed by atoms with Gasteiger partial charge in [-0.25, -0.2) is 4.79 Å². The van der Waals surface area contributed by atoms with E-state index in [2.05, 4.69) is 11.9 Å². The molecule has 0 aliphatic heterocycles. The minimum atomic E-state index is -0.424. The highest BCUT2D eigenvalue weighted by molar-refractivity contribution is 5.67. The maximum absolute atomic E-state index is 11.4. The molecule has 0 aliphatic carbocycles. The average molecular weight is 227 g/mol. The number of ether oxygens (including phenoxy) is 1. The van der Waals surface area contributed by atoms with Crippen molar-refractivity contribution >= 4 is 6.09 Å². The van der Waals surface area contributed by atoms with Crippen LogP contribution in [0.1, 0.15) is 53.4 Å². The van der Waals surface area contributed by atoms with Crippen molar-refractivity contribution in [1.82, 2.24) is 5.32 Å². The Kier molecular flexibility index (Phi) is 6.86. The van der Waals surface area contributed by atoms with E-state index in [-0.39, 0.29) is 12.1 Å². The fraction of sp³-hybridized carbons (Fsp3) is 0.769. The van der Waals surface area contributed by atoms with E-state index in [4.69, 9.17) is 4.74 Å². The van der Waals surface area contributed by atoms with Gasteiger partial charge in [0.05, 0.1) is 0 Å². The zero-order chi connectivity index (χ0) is 12.6. The summed E-state index contributed by atoms with van der Waals surface area (Å²) in [6, 6.07) is 0.166. The number of hydrogen-bond acceptors (Lipinski definition) is 2. The van der Waals surface area contributed by atoms with Crippen LogP contribution in [0.25, 0.3) is 0 Å². The van der Waals surface area contributed by atoms with Crippen LogP contribution in [0.3, 0.4) is 0 Å². The first-order valence-corrected chi connectivity index (χ1v) is 5.95. The summed E-state index contributed by atoms with van der Waals surface area (Å²) in [6.45, 7) is 11.3. The molecule has 0 saturated heterocycles. The molecule has 1 N–H and O–H groups in total. The third kappa shape index (κ3) is 9.56. The van der Waals surface area contributed by atoms with Gasteiger partial charge >= 0.3 is 6.09 Å². The molecular weight excluding hydrogens is 202 g/mol. The number of amides is 1. The van der Waals surface area contributed by atoms with Crippen molar-refractivity contribution in [3.05, 3.63) is 12.7 Å². The second kappa shape index (κ2) is 7.31. The third-order valence-electron chi connectivity index (χ3n) is 2.06. The number of carbonyl (C=O) groups is 1. The Labute approximate surface area is 99.3 Å². The molecule has 3 nitrogen and oxygen atoms in total. The summed E-state index contributed by atoms with van der Waals surface area (Å²) in [5, 5.41) is 2.83. The highest BCUT2D eigenvalue weighted by Gasteiger charge is 2.17. The normalized spacial score (nSPS) is 13.0. The number of alkyl carbamates (subject to hydrolysis) is 1. The topological polar surface area (TPSA) is 38.3 Å². The molecule has 0 aromatic rings. The van der Waals surface area contributed by atoms with E-state index in [0.29, 0.717) is 0 Å². The maximum Gasteiger partial charge on any atom is 0.407 e. The van der Waals surface area contributed by atoms with E-state index < -0.39 is 5.60 Å². The molecule has 0 heterocycles. The van der Waals surface area contributed by atoms with Gasteiger partial charge in [-0.15, -0.1) is 6.58 Å². The molecular formula is C13H25NO2. The van der Waals surface area contributed by atoms with Gasteiger partial charge in [-0.3, -0.25) is 0 Å². The molecule has 0 aliphatic rings. The van der Waals surface area contributed by atoms with Crippen molar-refractivity contribution < 1.29 is 9.53 Å². The minimum Gasteiger partial charge on any atom is -0.444 e. The van der Waals surface area contributed by atoms with Crippen LogP contribution in [0.5, 0.6) is 0 Å². The lowest BCUT2D eigenvalue weighted by Crippen LogP contribution is -2.37. The first-order valence-electron chi connectivity index (χ1n) is 5.95. The summed E-state index contributed by atoms with van der Waals surface area (Å²) in [5.41, 5.74) is -0.424. The Morgan fingerprint density at radius 3 is 2.56 bits per heavy atom. The number of hydrogen-bond donors (Lipinski definition) is 1. The van der Waals surface area contributed by atoms with Gasteiger partial charge in [-0.1, -0.05) is 12.5 Å². The van der Waals surface area contributed by atoms with Gasteiger partial charge in [0.25, 0.3) is 0 Å². The van der Waals surface area contributed by atoms with Gasteiger partial charge in [-0.05, 0) is 47.0 Å². The molecule has 1 atom stereocenters. The monoisotopic (exact) mass is 227 g/mol. The fourth-order valence-electron chi connectivity index (χ4n) is 1.32. The molecule has 0 aromatic heterocycles. The van der Waals surface area contributed by atoms with Crippen LogP contribution in [0.2, 0.25) is 0 Å². The van der Waals surface area contributed by atoms with Crippen molar-refractivity contribution in [3.8, 4) is 0 Å². The van der Waals surface area contributed by atoms with Gasteiger partial charge in [0.1, 0.15) is 5.60 Å². The first-order chi connectivity index (χ1) is 7.35. The smallest absolute Gasteiger partial charge is 0.407 e. The van der Waals surface area contributed by atoms with Crippen molar-refractivity contribution in [2.75, 3.05) is 0 Å². The predicted molar refractivity (Wildman–Crippen MR) is 67.5 cm³/mol. The van der Waals surface area contributed by atoms with Crippen LogP contribution in [0.4, 0.5) is 4.79 Å². The molecule has 0 rings (SSSR count). The molecule has 3 heteroatoms. The largest absolute Gasteiger partial charge is 0.444 e. The standard InChI is InChI=1S/C13H25NO2/c1-6-7-8-9-10-11(2)14-12(15)16-13(3,4)5/h6,11H,1,7-10H2,2-5H3,(H,14,15)/t11-/m1/s1. The molecule has 0 radical (unpaired) electrons. The maximum atomic E-state index is 11.4. The lowest BCUT2D eigenvalue weighted by Gasteiger charge is -2.21. The number of rotatable bonds is 6. The number of nitrogens with one attached hydrogen (secondary N) is 1. The zero-order valence-electron chi connectivity index (χ0n) is 11.0. The summed E-state index contributed by atoms with van der Waals surface area (Å²) in [4.78, 5) is 11.4. The fourth-order valence-corrected chi connectivity index (χ4v) is 1.32. The van der Waals surface area contributed by atoms with E-state index >= 15 is 0 Å². The van der Waals surface area contributed by atoms with Crippen LogP contribution in [-0.2, 0) is 4.74 Å². The molecule has 0 unspecified atom stereocenters. The van der Waals surface area contributed by atoms with Crippen molar-refractivity contribution in [1.29, 1.82) is 0 Å². The van der Waals surface area contributed by atoms with Crippen molar-refractivity contribution in [3.63, 3.8) is 0 Å². The highest BCUT2D eigenvalue weighted by Crippen LogP contribution is 2.08. The quantitative estimate of drug-likeness (QED) is 0.555. The molecule has 94 valence electrons. The van der Waals surface area contributed by atoms with Gasteiger partial charge < -0.3 is 10.1 Å². The van der Waals surface area contributed by atoms with Gasteiger partial charge in [-0.2, -0.15) is 0 Å². The highest BCUT2D eigenvalue weighted by atomic mass is 16.6. The number of allylic oxidation sites excluding steroid dienone is 1. The zero-order valence-corrected chi connectivity index (χ0v) is 11.0. The van der Waals surface area contributed by atoms with Crippen LogP contribution in [-0.4, -0.2) is 17.7 Å². The molecule has 0 bridgehead atoms. The number of carbonyl (C=O) groups excluding carboxylic acids is 1. The van der Waals surface area contributed by atoms with E-state index in [1.54, 1.807) is 0 Å². The lowest BCUT2D eigenvalue weighted by molar-refractivity contribution is 0.0506. The summed E-state index contributed by atoms with van der Waals surface area (Å²) >= 11 is 0. The number of unbranched alkanes of at least 4 members (excludes halogenated alkanes) is 2. The Morgan fingerprint density at radius 2 is 2.06 bits per heavy atom. The molecule has 0 aromatic carbocycles. The van der Waals surface area contributed by atoms with Crippen molar-refractivity contribution in [2.45, 2.75) is 65.0 Å². The average Bonchev–Trinajstić information content (AvgIpc) is 2.09. The predicted octanol–water partition coefficient (Wildman–Crippen LogP) is 3.65. The van der Waals surface area contributed by atoms with E-state index in [9.17, 15) is 4.79 Å². The van der Waals surface area contributed by atoms with Crippen LogP contribution >= 0.6 is 0 Å². The van der Waals surface area contributed by atoms with Gasteiger partial charge in [0.2, 0.25) is 0 Å².